The Labute approximate surface area is 152 Å². The third-order valence-electron chi connectivity index (χ3n) is 3.19. The lowest BCUT2D eigenvalue weighted by molar-refractivity contribution is 0.201. The number of aliphatic hydroxyl groups is 2. The molecule has 0 unspecified atom stereocenters. The molecule has 1 fully saturated rings. The van der Waals surface area contributed by atoms with Crippen molar-refractivity contribution in [1.82, 2.24) is 0 Å². The molecule has 3 rings (SSSR count). The van der Waals surface area contributed by atoms with E-state index in [1.54, 1.807) is 24.3 Å². The summed E-state index contributed by atoms with van der Waals surface area (Å²) in [7, 11) is -3.62. The van der Waals surface area contributed by atoms with Crippen LogP contribution in [0.15, 0.2) is 58.3 Å². The fourth-order valence-electron chi connectivity index (χ4n) is 1.89. The van der Waals surface area contributed by atoms with E-state index in [2.05, 4.69) is 4.74 Å². The molecule has 0 aromatic heterocycles. The molecule has 0 bridgehead atoms. The molecule has 0 amide bonds. The molecule has 1 aliphatic rings. The van der Waals surface area contributed by atoms with Crippen LogP contribution in [0.5, 0.6) is 11.5 Å². The van der Waals surface area contributed by atoms with Crippen molar-refractivity contribution in [3.8, 4) is 11.5 Å². The summed E-state index contributed by atoms with van der Waals surface area (Å²) in [4.78, 5) is 0.302. The Hall–Kier alpha value is -2.13. The molecule has 1 heterocycles. The fraction of sp³-hybridized carbons (Fsp3) is 0.333. The summed E-state index contributed by atoms with van der Waals surface area (Å²) in [5, 5.41) is 17.4. The Bertz CT molecular complexity index is 693. The minimum atomic E-state index is -3.62. The SMILES string of the molecule is C1CO1.O=S(=O)(c1ccc(OCCO)cc1)c1ccc(OCCO)cc1. The predicted octanol–water partition coefficient (Wildman–Crippen LogP) is 1.28. The lowest BCUT2D eigenvalue weighted by Gasteiger charge is -2.08. The van der Waals surface area contributed by atoms with E-state index in [1.807, 2.05) is 0 Å². The van der Waals surface area contributed by atoms with Crippen LogP contribution in [0.2, 0.25) is 0 Å². The van der Waals surface area contributed by atoms with E-state index in [0.29, 0.717) is 11.5 Å². The molecule has 0 atom stereocenters. The number of epoxide rings is 1. The first-order chi connectivity index (χ1) is 12.6. The first-order valence-corrected chi connectivity index (χ1v) is 9.56. The molecule has 142 valence electrons. The molecule has 26 heavy (non-hydrogen) atoms. The van der Waals surface area contributed by atoms with Gasteiger partial charge in [-0.3, -0.25) is 0 Å². The molecule has 8 heteroatoms. The van der Waals surface area contributed by atoms with Crippen LogP contribution >= 0.6 is 0 Å². The summed E-state index contributed by atoms with van der Waals surface area (Å²) >= 11 is 0. The minimum absolute atomic E-state index is 0.106. The summed E-state index contributed by atoms with van der Waals surface area (Å²) in [5.74, 6) is 0.983. The van der Waals surface area contributed by atoms with E-state index in [4.69, 9.17) is 19.7 Å². The zero-order valence-corrected chi connectivity index (χ0v) is 15.0. The van der Waals surface area contributed by atoms with Gasteiger partial charge in [0.1, 0.15) is 24.7 Å². The Kier molecular flexibility index (Phi) is 7.86. The van der Waals surface area contributed by atoms with Crippen molar-refractivity contribution in [3.05, 3.63) is 48.5 Å². The number of ether oxygens (including phenoxy) is 3. The smallest absolute Gasteiger partial charge is 0.206 e. The van der Waals surface area contributed by atoms with Crippen molar-refractivity contribution in [2.45, 2.75) is 9.79 Å². The van der Waals surface area contributed by atoms with Gasteiger partial charge in [-0.1, -0.05) is 0 Å². The molecule has 1 saturated heterocycles. The number of benzene rings is 2. The van der Waals surface area contributed by atoms with Crippen LogP contribution in [0.4, 0.5) is 0 Å². The van der Waals surface area contributed by atoms with Crippen molar-refractivity contribution < 1.29 is 32.8 Å². The highest BCUT2D eigenvalue weighted by molar-refractivity contribution is 7.91. The lowest BCUT2D eigenvalue weighted by atomic mass is 10.3. The maximum absolute atomic E-state index is 12.5. The molecule has 7 nitrogen and oxygen atoms in total. The van der Waals surface area contributed by atoms with E-state index in [0.717, 1.165) is 13.2 Å². The minimum Gasteiger partial charge on any atom is -0.491 e. The predicted molar refractivity (Wildman–Crippen MR) is 94.3 cm³/mol. The van der Waals surface area contributed by atoms with Gasteiger partial charge < -0.3 is 24.4 Å². The maximum atomic E-state index is 12.5. The number of hydrogen-bond donors (Lipinski definition) is 2. The quantitative estimate of drug-likeness (QED) is 0.663. The summed E-state index contributed by atoms with van der Waals surface area (Å²) in [6.45, 7) is 2.10. The fourth-order valence-corrected chi connectivity index (χ4v) is 3.15. The first kappa shape index (κ1) is 20.2. The molecule has 0 spiro atoms. The molecule has 2 N–H and O–H groups in total. The average molecular weight is 382 g/mol. The molecule has 2 aromatic rings. The second kappa shape index (κ2) is 10.1. The lowest BCUT2D eigenvalue weighted by Crippen LogP contribution is -2.04. The Morgan fingerprint density at radius 3 is 1.38 bits per heavy atom. The van der Waals surface area contributed by atoms with Gasteiger partial charge in [-0.2, -0.15) is 0 Å². The van der Waals surface area contributed by atoms with E-state index < -0.39 is 9.84 Å². The van der Waals surface area contributed by atoms with Crippen molar-refractivity contribution in [1.29, 1.82) is 0 Å². The average Bonchev–Trinajstić information content (AvgIpc) is 3.54. The van der Waals surface area contributed by atoms with Gasteiger partial charge in [-0.05, 0) is 48.5 Å². The molecule has 0 aliphatic carbocycles. The Morgan fingerprint density at radius 1 is 0.769 bits per heavy atom. The third kappa shape index (κ3) is 6.30. The highest BCUT2D eigenvalue weighted by Gasteiger charge is 2.17. The Balaban J connectivity index is 0.000000732. The summed E-state index contributed by atoms with van der Waals surface area (Å²) in [6, 6.07) is 12.0. The van der Waals surface area contributed by atoms with Gasteiger partial charge in [-0.25, -0.2) is 8.42 Å². The van der Waals surface area contributed by atoms with Gasteiger partial charge in [0.2, 0.25) is 9.84 Å². The van der Waals surface area contributed by atoms with Crippen molar-refractivity contribution in [2.24, 2.45) is 0 Å². The van der Waals surface area contributed by atoms with Crippen molar-refractivity contribution in [2.75, 3.05) is 39.6 Å². The normalized spacial score (nSPS) is 12.7. The van der Waals surface area contributed by atoms with Crippen LogP contribution < -0.4 is 9.47 Å². The third-order valence-corrected chi connectivity index (χ3v) is 4.98. The highest BCUT2D eigenvalue weighted by Crippen LogP contribution is 2.24. The van der Waals surface area contributed by atoms with Crippen LogP contribution in [0.1, 0.15) is 0 Å². The number of hydrogen-bond acceptors (Lipinski definition) is 7. The van der Waals surface area contributed by atoms with Crippen LogP contribution in [-0.4, -0.2) is 58.3 Å². The molecule has 0 radical (unpaired) electrons. The largest absolute Gasteiger partial charge is 0.491 e. The summed E-state index contributed by atoms with van der Waals surface area (Å²) < 4.78 is 39.9. The second-order valence-corrected chi connectivity index (χ2v) is 7.15. The molecular formula is C18H22O7S. The van der Waals surface area contributed by atoms with Gasteiger partial charge in [0.25, 0.3) is 0 Å². The Morgan fingerprint density at radius 2 is 1.12 bits per heavy atom. The second-order valence-electron chi connectivity index (χ2n) is 5.20. The molecule has 1 aliphatic heterocycles. The summed E-state index contributed by atoms with van der Waals surface area (Å²) in [5.41, 5.74) is 0. The van der Waals surface area contributed by atoms with Gasteiger partial charge in [-0.15, -0.1) is 0 Å². The number of rotatable bonds is 8. The van der Waals surface area contributed by atoms with Crippen LogP contribution in [0.3, 0.4) is 0 Å². The van der Waals surface area contributed by atoms with Crippen molar-refractivity contribution in [3.63, 3.8) is 0 Å². The van der Waals surface area contributed by atoms with Gasteiger partial charge in [0, 0.05) is 0 Å². The topological polar surface area (TPSA) is 106 Å². The molecular weight excluding hydrogens is 360 g/mol. The van der Waals surface area contributed by atoms with E-state index in [-0.39, 0.29) is 36.2 Å². The standard InChI is InChI=1S/C16H18O6S.C2H4O/c17-9-11-21-13-1-5-15(6-2-13)23(19,20)16-7-3-14(4-8-16)22-12-10-18;1-2-3-1/h1-8,17-18H,9-12H2;1-2H2. The van der Waals surface area contributed by atoms with E-state index in [9.17, 15) is 8.42 Å². The van der Waals surface area contributed by atoms with Crippen molar-refractivity contribution >= 4 is 9.84 Å². The molecule has 2 aromatic carbocycles. The van der Waals surface area contributed by atoms with Crippen LogP contribution in [-0.2, 0) is 14.6 Å². The summed E-state index contributed by atoms with van der Waals surface area (Å²) in [6.07, 6.45) is 0. The van der Waals surface area contributed by atoms with Gasteiger partial charge in [0.05, 0.1) is 36.2 Å². The monoisotopic (exact) mass is 382 g/mol. The van der Waals surface area contributed by atoms with E-state index >= 15 is 0 Å². The molecule has 0 saturated carbocycles. The van der Waals surface area contributed by atoms with Gasteiger partial charge in [0.15, 0.2) is 0 Å². The number of sulfone groups is 1. The zero-order valence-electron chi connectivity index (χ0n) is 14.2. The zero-order chi connectivity index (χ0) is 18.8. The van der Waals surface area contributed by atoms with Gasteiger partial charge >= 0.3 is 0 Å². The number of aliphatic hydroxyl groups excluding tert-OH is 2. The van der Waals surface area contributed by atoms with Crippen LogP contribution in [0, 0.1) is 0 Å². The van der Waals surface area contributed by atoms with E-state index in [1.165, 1.54) is 24.3 Å². The highest BCUT2D eigenvalue weighted by atomic mass is 32.2. The maximum Gasteiger partial charge on any atom is 0.206 e. The first-order valence-electron chi connectivity index (χ1n) is 8.08. The van der Waals surface area contributed by atoms with Crippen LogP contribution in [0.25, 0.3) is 0 Å².